The first-order valence-corrected chi connectivity index (χ1v) is 5.11. The lowest BCUT2D eigenvalue weighted by Crippen LogP contribution is -2.37. The number of carbonyl (C=O) groups excluding carboxylic acids is 2. The van der Waals surface area contributed by atoms with Gasteiger partial charge in [0.1, 0.15) is 0 Å². The van der Waals surface area contributed by atoms with Gasteiger partial charge in [0.25, 0.3) is 5.91 Å². The van der Waals surface area contributed by atoms with Crippen LogP contribution in [0.25, 0.3) is 0 Å². The van der Waals surface area contributed by atoms with Crippen LogP contribution in [0.3, 0.4) is 0 Å². The highest BCUT2D eigenvalue weighted by atomic mass is 16.2. The molecule has 0 saturated heterocycles. The molecule has 0 aliphatic heterocycles. The number of benzene rings is 1. The fourth-order valence-corrected chi connectivity index (χ4v) is 1.52. The number of amides is 1. The minimum Gasteiger partial charge on any atom is -0.340 e. The van der Waals surface area contributed by atoms with E-state index in [1.807, 2.05) is 6.92 Å². The van der Waals surface area contributed by atoms with Gasteiger partial charge in [-0.3, -0.25) is 9.59 Å². The Bertz CT molecular complexity index is 388. The van der Waals surface area contributed by atoms with Crippen molar-refractivity contribution in [2.45, 2.75) is 13.0 Å². The summed E-state index contributed by atoms with van der Waals surface area (Å²) in [5.41, 5.74) is 6.44. The van der Waals surface area contributed by atoms with Gasteiger partial charge in [-0.15, -0.1) is 0 Å². The summed E-state index contributed by atoms with van der Waals surface area (Å²) in [6.45, 7) is 2.29. The average Bonchev–Trinajstić information content (AvgIpc) is 2.27. The van der Waals surface area contributed by atoms with Crippen LogP contribution in [-0.4, -0.2) is 36.7 Å². The summed E-state index contributed by atoms with van der Waals surface area (Å²) in [6, 6.07) is 6.65. The molecule has 0 saturated carbocycles. The zero-order valence-corrected chi connectivity index (χ0v) is 9.51. The molecular weight excluding hydrogens is 204 g/mol. The Morgan fingerprint density at radius 3 is 2.69 bits per heavy atom. The Morgan fingerprint density at radius 2 is 2.12 bits per heavy atom. The molecule has 0 aliphatic carbocycles. The van der Waals surface area contributed by atoms with E-state index in [2.05, 4.69) is 0 Å². The van der Waals surface area contributed by atoms with E-state index in [0.717, 1.165) is 0 Å². The maximum absolute atomic E-state index is 12.0. The molecule has 0 spiro atoms. The number of carbonyl (C=O) groups is 2. The summed E-state index contributed by atoms with van der Waals surface area (Å²) in [5.74, 6) is -0.181. The highest BCUT2D eigenvalue weighted by molar-refractivity contribution is 6.01. The molecule has 16 heavy (non-hydrogen) atoms. The second-order valence-corrected chi connectivity index (χ2v) is 3.87. The number of nitrogens with zero attached hydrogens (tertiary/aromatic N) is 1. The Labute approximate surface area is 95.0 Å². The van der Waals surface area contributed by atoms with Crippen LogP contribution in [0.1, 0.15) is 27.6 Å². The summed E-state index contributed by atoms with van der Waals surface area (Å²) in [6.07, 6.45) is 0.687. The van der Waals surface area contributed by atoms with E-state index in [1.54, 1.807) is 31.3 Å². The van der Waals surface area contributed by atoms with Crippen LogP contribution in [0.2, 0.25) is 0 Å². The Kier molecular flexibility index (Phi) is 4.19. The first-order chi connectivity index (χ1) is 7.56. The van der Waals surface area contributed by atoms with Crippen molar-refractivity contribution < 1.29 is 9.59 Å². The standard InChI is InChI=1S/C12H16N2O2/c1-9(13)7-14(2)12(16)11-6-4-3-5-10(11)8-15/h3-6,8-9H,7,13H2,1-2H3/t9-/m1/s1. The zero-order chi connectivity index (χ0) is 12.1. The van der Waals surface area contributed by atoms with Gasteiger partial charge in [0, 0.05) is 25.2 Å². The summed E-state index contributed by atoms with van der Waals surface area (Å²) in [4.78, 5) is 24.3. The minimum absolute atomic E-state index is 0.0858. The normalized spacial score (nSPS) is 11.9. The van der Waals surface area contributed by atoms with Gasteiger partial charge in [-0.05, 0) is 13.0 Å². The van der Waals surface area contributed by atoms with Crippen molar-refractivity contribution in [1.82, 2.24) is 4.90 Å². The summed E-state index contributed by atoms with van der Waals surface area (Å²) >= 11 is 0. The van der Waals surface area contributed by atoms with Crippen LogP contribution in [0.5, 0.6) is 0 Å². The van der Waals surface area contributed by atoms with Crippen LogP contribution in [0.4, 0.5) is 0 Å². The van der Waals surface area contributed by atoms with Gasteiger partial charge in [0.2, 0.25) is 0 Å². The molecule has 1 amide bonds. The molecule has 1 aromatic rings. The molecule has 2 N–H and O–H groups in total. The number of hydrogen-bond acceptors (Lipinski definition) is 3. The number of aldehydes is 1. The predicted octanol–water partition coefficient (Wildman–Crippen LogP) is 0.918. The Morgan fingerprint density at radius 1 is 1.50 bits per heavy atom. The molecule has 0 aromatic heterocycles. The second kappa shape index (κ2) is 5.42. The smallest absolute Gasteiger partial charge is 0.254 e. The highest BCUT2D eigenvalue weighted by Crippen LogP contribution is 2.09. The number of likely N-dealkylation sites (N-methyl/N-ethyl adjacent to an activating group) is 1. The molecule has 1 atom stereocenters. The molecule has 0 bridgehead atoms. The molecule has 0 radical (unpaired) electrons. The van der Waals surface area contributed by atoms with Gasteiger partial charge in [-0.2, -0.15) is 0 Å². The van der Waals surface area contributed by atoms with E-state index in [4.69, 9.17) is 5.73 Å². The summed E-state index contributed by atoms with van der Waals surface area (Å²) < 4.78 is 0. The SMILES string of the molecule is C[C@@H](N)CN(C)C(=O)c1ccccc1C=O. The number of nitrogens with two attached hydrogens (primary N) is 1. The molecule has 86 valence electrons. The van der Waals surface area contributed by atoms with Gasteiger partial charge < -0.3 is 10.6 Å². The second-order valence-electron chi connectivity index (χ2n) is 3.87. The molecule has 0 aliphatic rings. The van der Waals surface area contributed by atoms with Crippen molar-refractivity contribution in [3.05, 3.63) is 35.4 Å². The Balaban J connectivity index is 2.91. The van der Waals surface area contributed by atoms with E-state index in [9.17, 15) is 9.59 Å². The lowest BCUT2D eigenvalue weighted by molar-refractivity contribution is 0.0785. The van der Waals surface area contributed by atoms with E-state index in [0.29, 0.717) is 24.0 Å². The zero-order valence-electron chi connectivity index (χ0n) is 9.51. The van der Waals surface area contributed by atoms with Crippen molar-refractivity contribution in [2.75, 3.05) is 13.6 Å². The van der Waals surface area contributed by atoms with Gasteiger partial charge in [0.15, 0.2) is 6.29 Å². The summed E-state index contributed by atoms with van der Waals surface area (Å²) in [7, 11) is 1.67. The van der Waals surface area contributed by atoms with Crippen molar-refractivity contribution in [3.63, 3.8) is 0 Å². The van der Waals surface area contributed by atoms with E-state index < -0.39 is 0 Å². The predicted molar refractivity (Wildman–Crippen MR) is 62.4 cm³/mol. The van der Waals surface area contributed by atoms with Crippen LogP contribution >= 0.6 is 0 Å². The fraction of sp³-hybridized carbons (Fsp3) is 0.333. The van der Waals surface area contributed by atoms with E-state index in [-0.39, 0.29) is 11.9 Å². The lowest BCUT2D eigenvalue weighted by Gasteiger charge is -2.19. The average molecular weight is 220 g/mol. The third kappa shape index (κ3) is 2.90. The third-order valence-corrected chi connectivity index (χ3v) is 2.23. The van der Waals surface area contributed by atoms with Gasteiger partial charge in [0.05, 0.1) is 5.56 Å². The minimum atomic E-state index is -0.181. The molecule has 1 rings (SSSR count). The van der Waals surface area contributed by atoms with Crippen LogP contribution < -0.4 is 5.73 Å². The number of rotatable bonds is 4. The molecule has 0 heterocycles. The van der Waals surface area contributed by atoms with Crippen molar-refractivity contribution >= 4 is 12.2 Å². The monoisotopic (exact) mass is 220 g/mol. The molecule has 0 unspecified atom stereocenters. The highest BCUT2D eigenvalue weighted by Gasteiger charge is 2.15. The van der Waals surface area contributed by atoms with Gasteiger partial charge in [-0.1, -0.05) is 18.2 Å². The fourth-order valence-electron chi connectivity index (χ4n) is 1.52. The topological polar surface area (TPSA) is 63.4 Å². The molecule has 1 aromatic carbocycles. The van der Waals surface area contributed by atoms with Crippen LogP contribution in [0.15, 0.2) is 24.3 Å². The van der Waals surface area contributed by atoms with Gasteiger partial charge in [-0.25, -0.2) is 0 Å². The van der Waals surface area contributed by atoms with Crippen LogP contribution in [-0.2, 0) is 0 Å². The van der Waals surface area contributed by atoms with Crippen molar-refractivity contribution in [2.24, 2.45) is 5.73 Å². The Hall–Kier alpha value is -1.68. The molecule has 4 heteroatoms. The van der Waals surface area contributed by atoms with Crippen molar-refractivity contribution in [3.8, 4) is 0 Å². The first kappa shape index (κ1) is 12.4. The first-order valence-electron chi connectivity index (χ1n) is 5.11. The lowest BCUT2D eigenvalue weighted by atomic mass is 10.1. The third-order valence-electron chi connectivity index (χ3n) is 2.23. The maximum atomic E-state index is 12.0. The number of hydrogen-bond donors (Lipinski definition) is 1. The maximum Gasteiger partial charge on any atom is 0.254 e. The van der Waals surface area contributed by atoms with Crippen molar-refractivity contribution in [1.29, 1.82) is 0 Å². The van der Waals surface area contributed by atoms with Crippen LogP contribution in [0, 0.1) is 0 Å². The van der Waals surface area contributed by atoms with E-state index in [1.165, 1.54) is 4.90 Å². The quantitative estimate of drug-likeness (QED) is 0.767. The largest absolute Gasteiger partial charge is 0.340 e. The molecular formula is C12H16N2O2. The molecule has 0 fully saturated rings. The summed E-state index contributed by atoms with van der Waals surface area (Å²) in [5, 5.41) is 0. The molecule has 4 nitrogen and oxygen atoms in total. The van der Waals surface area contributed by atoms with Gasteiger partial charge >= 0.3 is 0 Å². The van der Waals surface area contributed by atoms with E-state index >= 15 is 0 Å².